The first-order chi connectivity index (χ1) is 11.1. The molecule has 0 saturated carbocycles. The van der Waals surface area contributed by atoms with E-state index in [0.29, 0.717) is 25.1 Å². The fraction of sp³-hybridized carbons (Fsp3) is 0.529. The zero-order valence-corrected chi connectivity index (χ0v) is 14.5. The summed E-state index contributed by atoms with van der Waals surface area (Å²) in [6.07, 6.45) is 2.80. The lowest BCUT2D eigenvalue weighted by molar-refractivity contribution is -0.116. The molecule has 2 heterocycles. The van der Waals surface area contributed by atoms with Crippen molar-refractivity contribution < 1.29 is 14.0 Å². The molecule has 0 bridgehead atoms. The number of rotatable bonds is 3. The van der Waals surface area contributed by atoms with E-state index in [2.05, 4.69) is 17.6 Å². The average molecular weight is 356 g/mol. The Balaban J connectivity index is 0.00000208. The third-order valence-corrected chi connectivity index (χ3v) is 4.55. The number of nitrogens with one attached hydrogen (secondary N) is 2. The number of hydrogen-bond acceptors (Lipinski definition) is 3. The predicted octanol–water partition coefficient (Wildman–Crippen LogP) is 2.35. The minimum absolute atomic E-state index is 0. The van der Waals surface area contributed by atoms with Gasteiger partial charge >= 0.3 is 0 Å². The van der Waals surface area contributed by atoms with Crippen molar-refractivity contribution in [2.45, 2.75) is 38.6 Å². The maximum Gasteiger partial charge on any atom is 0.257 e. The maximum absolute atomic E-state index is 14.4. The van der Waals surface area contributed by atoms with Gasteiger partial charge in [-0.3, -0.25) is 9.59 Å². The molecule has 0 spiro atoms. The normalized spacial score (nSPS) is 20.0. The van der Waals surface area contributed by atoms with Gasteiger partial charge in [-0.25, -0.2) is 4.39 Å². The Morgan fingerprint density at radius 1 is 1.38 bits per heavy atom. The Labute approximate surface area is 147 Å². The number of aryl methyl sites for hydroxylation is 1. The van der Waals surface area contributed by atoms with Crippen molar-refractivity contribution in [3.05, 3.63) is 29.1 Å². The second-order valence-corrected chi connectivity index (χ2v) is 6.18. The lowest BCUT2D eigenvalue weighted by Gasteiger charge is -2.36. The molecule has 1 saturated heterocycles. The van der Waals surface area contributed by atoms with E-state index >= 15 is 0 Å². The quantitative estimate of drug-likeness (QED) is 0.875. The highest BCUT2D eigenvalue weighted by atomic mass is 35.5. The lowest BCUT2D eigenvalue weighted by Crippen LogP contribution is -2.53. The summed E-state index contributed by atoms with van der Waals surface area (Å²) in [5, 5.41) is 5.95. The van der Waals surface area contributed by atoms with Gasteiger partial charge in [0.15, 0.2) is 0 Å². The van der Waals surface area contributed by atoms with E-state index in [9.17, 15) is 14.0 Å². The molecule has 1 atom stereocenters. The molecule has 1 unspecified atom stereocenters. The minimum atomic E-state index is -0.565. The number of fused-ring (bicyclic) bond motifs is 1. The van der Waals surface area contributed by atoms with Crippen molar-refractivity contribution in [2.75, 3.05) is 25.0 Å². The third-order valence-electron chi connectivity index (χ3n) is 4.55. The molecular formula is C17H23ClFN3O2. The van der Waals surface area contributed by atoms with E-state index in [-0.39, 0.29) is 35.8 Å². The number of hydrogen-bond donors (Lipinski definition) is 2. The van der Waals surface area contributed by atoms with Crippen LogP contribution in [-0.4, -0.2) is 42.4 Å². The summed E-state index contributed by atoms with van der Waals surface area (Å²) in [5.74, 6) is -0.923. The maximum atomic E-state index is 14.4. The van der Waals surface area contributed by atoms with Crippen LogP contribution in [0.15, 0.2) is 12.1 Å². The van der Waals surface area contributed by atoms with E-state index < -0.39 is 5.82 Å². The molecule has 2 aliphatic rings. The summed E-state index contributed by atoms with van der Waals surface area (Å²) in [6.45, 7) is 4.16. The first kappa shape index (κ1) is 18.7. The molecule has 1 fully saturated rings. The zero-order valence-electron chi connectivity index (χ0n) is 13.7. The molecule has 1 aromatic rings. The number of nitrogens with zero attached hydrogens (tertiary/aromatic N) is 1. The van der Waals surface area contributed by atoms with Crippen LogP contribution in [0.1, 0.15) is 42.1 Å². The summed E-state index contributed by atoms with van der Waals surface area (Å²) in [6, 6.07) is 2.99. The Morgan fingerprint density at radius 2 is 2.17 bits per heavy atom. The van der Waals surface area contributed by atoms with Crippen LogP contribution in [-0.2, 0) is 11.2 Å². The van der Waals surface area contributed by atoms with Crippen molar-refractivity contribution in [2.24, 2.45) is 0 Å². The number of carbonyl (C=O) groups excluding carboxylic acids is 2. The van der Waals surface area contributed by atoms with Gasteiger partial charge in [0.1, 0.15) is 5.82 Å². The van der Waals surface area contributed by atoms with Gasteiger partial charge < -0.3 is 15.5 Å². The predicted molar refractivity (Wildman–Crippen MR) is 93.2 cm³/mol. The van der Waals surface area contributed by atoms with Gasteiger partial charge in [0, 0.05) is 37.8 Å². The van der Waals surface area contributed by atoms with Gasteiger partial charge in [-0.15, -0.1) is 12.4 Å². The van der Waals surface area contributed by atoms with Crippen molar-refractivity contribution >= 4 is 29.9 Å². The summed E-state index contributed by atoms with van der Waals surface area (Å²) in [7, 11) is 0. The molecule has 0 aromatic heterocycles. The number of amides is 2. The number of halogens is 2. The van der Waals surface area contributed by atoms with Crippen molar-refractivity contribution in [1.82, 2.24) is 10.2 Å². The molecule has 0 radical (unpaired) electrons. The smallest absolute Gasteiger partial charge is 0.257 e. The van der Waals surface area contributed by atoms with Crippen molar-refractivity contribution in [1.29, 1.82) is 0 Å². The summed E-state index contributed by atoms with van der Waals surface area (Å²) in [4.78, 5) is 26.0. The molecule has 5 nitrogen and oxygen atoms in total. The van der Waals surface area contributed by atoms with Gasteiger partial charge in [0.25, 0.3) is 5.91 Å². The van der Waals surface area contributed by atoms with Gasteiger partial charge in [-0.2, -0.15) is 0 Å². The number of benzene rings is 1. The second kappa shape index (κ2) is 7.94. The monoisotopic (exact) mass is 355 g/mol. The van der Waals surface area contributed by atoms with E-state index in [0.717, 1.165) is 31.5 Å². The molecule has 7 heteroatoms. The first-order valence-corrected chi connectivity index (χ1v) is 8.24. The molecular weight excluding hydrogens is 333 g/mol. The SMILES string of the molecule is CCCC1CNCCN1C(=O)c1cc2c(cc1F)NC(=O)CC2.Cl. The number of piperazine rings is 1. The highest BCUT2D eigenvalue weighted by Gasteiger charge is 2.29. The average Bonchev–Trinajstić information content (AvgIpc) is 2.54. The van der Waals surface area contributed by atoms with Crippen LogP contribution in [0.25, 0.3) is 0 Å². The van der Waals surface area contributed by atoms with E-state index in [1.165, 1.54) is 6.07 Å². The van der Waals surface area contributed by atoms with E-state index in [1.807, 2.05) is 0 Å². The van der Waals surface area contributed by atoms with Crippen LogP contribution < -0.4 is 10.6 Å². The van der Waals surface area contributed by atoms with Crippen molar-refractivity contribution in [3.63, 3.8) is 0 Å². The number of anilines is 1. The lowest BCUT2D eigenvalue weighted by atomic mass is 9.98. The fourth-order valence-corrected chi connectivity index (χ4v) is 3.34. The van der Waals surface area contributed by atoms with Crippen molar-refractivity contribution in [3.8, 4) is 0 Å². The highest BCUT2D eigenvalue weighted by molar-refractivity contribution is 5.98. The van der Waals surface area contributed by atoms with Crippen LogP contribution in [0.2, 0.25) is 0 Å². The Hall–Kier alpha value is -1.66. The topological polar surface area (TPSA) is 61.4 Å². The Morgan fingerprint density at radius 3 is 2.92 bits per heavy atom. The molecule has 2 aliphatic heterocycles. The number of carbonyl (C=O) groups is 2. The standard InChI is InChI=1S/C17H22FN3O2.ClH/c1-2-3-12-10-19-6-7-21(12)17(23)13-8-11-4-5-16(22)20-15(11)9-14(13)18;/h8-9,12,19H,2-7,10H2,1H3,(H,20,22);1H. The fourth-order valence-electron chi connectivity index (χ4n) is 3.34. The Kier molecular flexibility index (Phi) is 6.18. The molecule has 24 heavy (non-hydrogen) atoms. The summed E-state index contributed by atoms with van der Waals surface area (Å²) >= 11 is 0. The van der Waals surface area contributed by atoms with Crippen LogP contribution in [0.4, 0.5) is 10.1 Å². The molecule has 2 amide bonds. The van der Waals surface area contributed by atoms with Crippen LogP contribution in [0.5, 0.6) is 0 Å². The summed E-state index contributed by atoms with van der Waals surface area (Å²) < 4.78 is 14.4. The van der Waals surface area contributed by atoms with Crippen LogP contribution in [0.3, 0.4) is 0 Å². The molecule has 3 rings (SSSR count). The van der Waals surface area contributed by atoms with Crippen LogP contribution in [0, 0.1) is 5.82 Å². The third kappa shape index (κ3) is 3.70. The zero-order chi connectivity index (χ0) is 16.4. The highest BCUT2D eigenvalue weighted by Crippen LogP contribution is 2.27. The van der Waals surface area contributed by atoms with Gasteiger partial charge in [0.05, 0.1) is 5.56 Å². The van der Waals surface area contributed by atoms with Gasteiger partial charge in [0.2, 0.25) is 5.91 Å². The van der Waals surface area contributed by atoms with Gasteiger partial charge in [-0.1, -0.05) is 13.3 Å². The Bertz CT molecular complexity index is 637. The van der Waals surface area contributed by atoms with E-state index in [1.54, 1.807) is 11.0 Å². The minimum Gasteiger partial charge on any atom is -0.333 e. The largest absolute Gasteiger partial charge is 0.333 e. The van der Waals surface area contributed by atoms with Crippen LogP contribution >= 0.6 is 12.4 Å². The molecule has 1 aromatic carbocycles. The first-order valence-electron chi connectivity index (χ1n) is 8.24. The second-order valence-electron chi connectivity index (χ2n) is 6.18. The van der Waals surface area contributed by atoms with E-state index in [4.69, 9.17) is 0 Å². The molecule has 0 aliphatic carbocycles. The molecule has 132 valence electrons. The van der Waals surface area contributed by atoms with Gasteiger partial charge in [-0.05, 0) is 30.5 Å². The molecule has 2 N–H and O–H groups in total. The summed E-state index contributed by atoms with van der Waals surface area (Å²) in [5.41, 5.74) is 1.43.